The second-order valence-electron chi connectivity index (χ2n) is 5.83. The molecule has 1 aromatic carbocycles. The minimum atomic E-state index is -0.235. The quantitative estimate of drug-likeness (QED) is 0.826. The summed E-state index contributed by atoms with van der Waals surface area (Å²) in [7, 11) is 1.46. The summed E-state index contributed by atoms with van der Waals surface area (Å²) in [6.07, 6.45) is 2.35. The van der Waals surface area contributed by atoms with E-state index in [-0.39, 0.29) is 30.9 Å². The lowest BCUT2D eigenvalue weighted by atomic mass is 10.1. The summed E-state index contributed by atoms with van der Waals surface area (Å²) in [5, 5.41) is 5.52. The number of nitrogens with one attached hydrogen (secondary N) is 2. The summed E-state index contributed by atoms with van der Waals surface area (Å²) in [5.74, 6) is -0.425. The van der Waals surface area contributed by atoms with Crippen LogP contribution in [-0.4, -0.2) is 49.4 Å². The number of aryl methyl sites for hydroxylation is 1. The number of ether oxygens (including phenoxy) is 1. The van der Waals surface area contributed by atoms with Gasteiger partial charge in [0.2, 0.25) is 17.7 Å². The number of carbonyl (C=O) groups excluding carboxylic acids is 3. The second kappa shape index (κ2) is 8.44. The molecule has 0 unspecified atom stereocenters. The number of hydrogen-bond acceptors (Lipinski definition) is 4. The van der Waals surface area contributed by atoms with E-state index in [1.807, 2.05) is 6.92 Å². The smallest absolute Gasteiger partial charge is 0.250 e. The van der Waals surface area contributed by atoms with Crippen molar-refractivity contribution in [3.63, 3.8) is 0 Å². The Morgan fingerprint density at radius 2 is 2.00 bits per heavy atom. The van der Waals surface area contributed by atoms with Crippen molar-refractivity contribution in [3.8, 4) is 0 Å². The highest BCUT2D eigenvalue weighted by atomic mass is 16.5. The fourth-order valence-electron chi connectivity index (χ4n) is 2.60. The molecular formula is C17H23N3O4. The third-order valence-corrected chi connectivity index (χ3v) is 3.82. The van der Waals surface area contributed by atoms with Gasteiger partial charge in [-0.05, 0) is 43.5 Å². The van der Waals surface area contributed by atoms with Gasteiger partial charge in [-0.1, -0.05) is 0 Å². The van der Waals surface area contributed by atoms with Crippen LogP contribution in [0.5, 0.6) is 0 Å². The van der Waals surface area contributed by atoms with Gasteiger partial charge >= 0.3 is 0 Å². The SMILES string of the molecule is COCC(=O)Nc1ccc(NC(=O)CN2CCCCC2=O)cc1C. The van der Waals surface area contributed by atoms with Gasteiger partial charge in [0.25, 0.3) is 0 Å². The van der Waals surface area contributed by atoms with Crippen molar-refractivity contribution in [1.82, 2.24) is 4.90 Å². The Bertz CT molecular complexity index is 630. The maximum atomic E-state index is 12.1. The molecule has 0 radical (unpaired) electrons. The zero-order valence-electron chi connectivity index (χ0n) is 14.1. The Morgan fingerprint density at radius 1 is 1.21 bits per heavy atom. The number of hydrogen-bond donors (Lipinski definition) is 2. The molecule has 3 amide bonds. The molecule has 1 aliphatic heterocycles. The fraction of sp³-hybridized carbons (Fsp3) is 0.471. The van der Waals surface area contributed by atoms with Crippen LogP contribution in [0.3, 0.4) is 0 Å². The van der Waals surface area contributed by atoms with E-state index < -0.39 is 0 Å². The molecule has 7 heteroatoms. The molecule has 130 valence electrons. The Balaban J connectivity index is 1.92. The number of benzene rings is 1. The molecule has 7 nitrogen and oxygen atoms in total. The van der Waals surface area contributed by atoms with Crippen LogP contribution in [0.1, 0.15) is 24.8 Å². The number of methoxy groups -OCH3 is 1. The minimum absolute atomic E-state index is 0.0121. The van der Waals surface area contributed by atoms with Gasteiger partial charge in [0.15, 0.2) is 0 Å². The van der Waals surface area contributed by atoms with Gasteiger partial charge in [-0.2, -0.15) is 0 Å². The van der Waals surface area contributed by atoms with E-state index in [9.17, 15) is 14.4 Å². The maximum absolute atomic E-state index is 12.1. The molecule has 0 bridgehead atoms. The van der Waals surface area contributed by atoms with Crippen molar-refractivity contribution in [2.24, 2.45) is 0 Å². The van der Waals surface area contributed by atoms with Crippen LogP contribution in [0.2, 0.25) is 0 Å². The van der Waals surface area contributed by atoms with E-state index in [1.165, 1.54) is 7.11 Å². The van der Waals surface area contributed by atoms with Crippen LogP contribution < -0.4 is 10.6 Å². The minimum Gasteiger partial charge on any atom is -0.375 e. The molecule has 0 atom stereocenters. The van der Waals surface area contributed by atoms with Crippen LogP contribution in [0.25, 0.3) is 0 Å². The lowest BCUT2D eigenvalue weighted by molar-refractivity contribution is -0.136. The van der Waals surface area contributed by atoms with Gasteiger partial charge in [-0.25, -0.2) is 0 Å². The molecule has 24 heavy (non-hydrogen) atoms. The maximum Gasteiger partial charge on any atom is 0.250 e. The normalized spacial score (nSPS) is 14.4. The third-order valence-electron chi connectivity index (χ3n) is 3.82. The molecule has 1 saturated heterocycles. The Morgan fingerprint density at radius 3 is 2.67 bits per heavy atom. The van der Waals surface area contributed by atoms with E-state index in [0.717, 1.165) is 18.4 Å². The van der Waals surface area contributed by atoms with Crippen molar-refractivity contribution < 1.29 is 19.1 Å². The number of likely N-dealkylation sites (tertiary alicyclic amines) is 1. The lowest BCUT2D eigenvalue weighted by Gasteiger charge is -2.26. The van der Waals surface area contributed by atoms with Crippen molar-refractivity contribution >= 4 is 29.1 Å². The highest BCUT2D eigenvalue weighted by molar-refractivity contribution is 5.96. The predicted molar refractivity (Wildman–Crippen MR) is 90.7 cm³/mol. The van der Waals surface area contributed by atoms with Crippen molar-refractivity contribution in [2.45, 2.75) is 26.2 Å². The molecule has 0 aliphatic carbocycles. The van der Waals surface area contributed by atoms with Crippen molar-refractivity contribution in [2.75, 3.05) is 37.4 Å². The first-order valence-corrected chi connectivity index (χ1v) is 7.96. The molecule has 0 saturated carbocycles. The predicted octanol–water partition coefficient (Wildman–Crippen LogP) is 1.53. The van der Waals surface area contributed by atoms with E-state index in [4.69, 9.17) is 4.74 Å². The Labute approximate surface area is 141 Å². The summed E-state index contributed by atoms with van der Waals surface area (Å²) in [6.45, 7) is 2.54. The average Bonchev–Trinajstić information content (AvgIpc) is 2.52. The van der Waals surface area contributed by atoms with Crippen LogP contribution in [0, 0.1) is 6.92 Å². The molecule has 1 heterocycles. The topological polar surface area (TPSA) is 87.7 Å². The Kier molecular flexibility index (Phi) is 6.31. The molecule has 1 aromatic rings. The number of nitrogens with zero attached hydrogens (tertiary/aromatic N) is 1. The molecule has 0 aromatic heterocycles. The summed E-state index contributed by atoms with van der Waals surface area (Å²) in [4.78, 5) is 37.0. The first-order valence-electron chi connectivity index (χ1n) is 7.96. The van der Waals surface area contributed by atoms with Crippen LogP contribution in [-0.2, 0) is 19.1 Å². The molecule has 1 aliphatic rings. The van der Waals surface area contributed by atoms with Gasteiger partial charge in [-0.15, -0.1) is 0 Å². The zero-order valence-corrected chi connectivity index (χ0v) is 14.1. The highest BCUT2D eigenvalue weighted by Crippen LogP contribution is 2.20. The number of amides is 3. The molecular weight excluding hydrogens is 310 g/mol. The number of anilines is 2. The van der Waals surface area contributed by atoms with Crippen molar-refractivity contribution in [1.29, 1.82) is 0 Å². The molecule has 2 rings (SSSR count). The average molecular weight is 333 g/mol. The summed E-state index contributed by atoms with van der Waals surface area (Å²) in [6, 6.07) is 5.22. The number of piperidine rings is 1. The standard InChI is InChI=1S/C17H23N3O4/c1-12-9-13(6-7-14(12)19-16(22)11-24-2)18-15(21)10-20-8-4-3-5-17(20)23/h6-7,9H,3-5,8,10-11H2,1-2H3,(H,18,21)(H,19,22). The van der Waals surface area contributed by atoms with Gasteiger partial charge in [0.05, 0.1) is 6.54 Å². The van der Waals surface area contributed by atoms with Crippen LogP contribution in [0.15, 0.2) is 18.2 Å². The van der Waals surface area contributed by atoms with Gasteiger partial charge in [0, 0.05) is 31.5 Å². The van der Waals surface area contributed by atoms with Gasteiger partial charge in [-0.3, -0.25) is 14.4 Å². The Hall–Kier alpha value is -2.41. The summed E-state index contributed by atoms with van der Waals surface area (Å²) >= 11 is 0. The first kappa shape index (κ1) is 17.9. The van der Waals surface area contributed by atoms with Gasteiger partial charge in [0.1, 0.15) is 6.61 Å². The largest absolute Gasteiger partial charge is 0.375 e. The van der Waals surface area contributed by atoms with Crippen LogP contribution >= 0.6 is 0 Å². The summed E-state index contributed by atoms with van der Waals surface area (Å²) < 4.78 is 4.77. The van der Waals surface area contributed by atoms with Crippen molar-refractivity contribution in [3.05, 3.63) is 23.8 Å². The first-order chi connectivity index (χ1) is 11.5. The van der Waals surface area contributed by atoms with E-state index >= 15 is 0 Å². The number of carbonyl (C=O) groups is 3. The van der Waals surface area contributed by atoms with E-state index in [0.29, 0.717) is 24.3 Å². The molecule has 1 fully saturated rings. The van der Waals surface area contributed by atoms with Gasteiger partial charge < -0.3 is 20.3 Å². The van der Waals surface area contributed by atoms with E-state index in [2.05, 4.69) is 10.6 Å². The lowest BCUT2D eigenvalue weighted by Crippen LogP contribution is -2.40. The third kappa shape index (κ3) is 5.06. The van der Waals surface area contributed by atoms with Crippen LogP contribution in [0.4, 0.5) is 11.4 Å². The van der Waals surface area contributed by atoms with E-state index in [1.54, 1.807) is 23.1 Å². The highest BCUT2D eigenvalue weighted by Gasteiger charge is 2.20. The zero-order chi connectivity index (χ0) is 17.5. The summed E-state index contributed by atoms with van der Waals surface area (Å²) in [5.41, 5.74) is 2.12. The second-order valence-corrected chi connectivity index (χ2v) is 5.83. The molecule has 2 N–H and O–H groups in total. The monoisotopic (exact) mass is 333 g/mol. The molecule has 0 spiro atoms. The fourth-order valence-corrected chi connectivity index (χ4v) is 2.60. The number of rotatable bonds is 6.